The van der Waals surface area contributed by atoms with E-state index < -0.39 is 0 Å². The molecule has 0 bridgehead atoms. The second-order valence-electron chi connectivity index (χ2n) is 5.31. The maximum absolute atomic E-state index is 12.4. The molecule has 0 aromatic carbocycles. The number of rotatable bonds is 4. The van der Waals surface area contributed by atoms with Crippen molar-refractivity contribution in [1.29, 1.82) is 0 Å². The van der Waals surface area contributed by atoms with Gasteiger partial charge in [-0.25, -0.2) is 0 Å². The molecule has 106 valence electrons. The molecule has 1 amide bonds. The number of H-pyrrole nitrogens is 1. The molecule has 5 nitrogen and oxygen atoms in total. The third kappa shape index (κ3) is 2.54. The molecular weight excluding hydrogens is 252 g/mol. The minimum atomic E-state index is -0.0141. The Kier molecular flexibility index (Phi) is 3.69. The van der Waals surface area contributed by atoms with Gasteiger partial charge in [0.25, 0.3) is 0 Å². The minimum absolute atomic E-state index is 0.0141. The quantitative estimate of drug-likeness (QED) is 0.890. The molecule has 2 aromatic heterocycles. The molecule has 2 aromatic rings. The van der Waals surface area contributed by atoms with Gasteiger partial charge in [-0.05, 0) is 18.6 Å². The zero-order chi connectivity index (χ0) is 13.9. The maximum atomic E-state index is 12.4. The molecule has 3 heterocycles. The van der Waals surface area contributed by atoms with Gasteiger partial charge in [-0.2, -0.15) is 0 Å². The average molecular weight is 272 g/mol. The first-order valence-electron chi connectivity index (χ1n) is 7.21. The van der Waals surface area contributed by atoms with Crippen molar-refractivity contribution in [3.05, 3.63) is 30.2 Å². The molecule has 1 atom stereocenters. The molecule has 0 spiro atoms. The van der Waals surface area contributed by atoms with Crippen LogP contribution in [0, 0.1) is 0 Å². The molecule has 3 rings (SSSR count). The lowest BCUT2D eigenvalue weighted by Crippen LogP contribution is -2.54. The number of carbonyl (C=O) groups is 1. The van der Waals surface area contributed by atoms with Crippen molar-refractivity contribution in [2.24, 2.45) is 0 Å². The van der Waals surface area contributed by atoms with E-state index in [0.29, 0.717) is 6.54 Å². The van der Waals surface area contributed by atoms with Gasteiger partial charge in [0.05, 0.1) is 12.6 Å². The molecule has 0 saturated carbocycles. The van der Waals surface area contributed by atoms with Gasteiger partial charge in [-0.15, -0.1) is 0 Å². The summed E-state index contributed by atoms with van der Waals surface area (Å²) >= 11 is 0. The molecule has 0 radical (unpaired) electrons. The smallest absolute Gasteiger partial charge is 0.240 e. The number of aromatic amines is 1. The zero-order valence-corrected chi connectivity index (χ0v) is 11.7. The standard InChI is InChI=1S/C15H20N4O/c1-2-3-14-15(20)19(7-6-17-14)10-12-8-11-9-16-5-4-13(11)18-12/h4-5,8-9,14,17-18H,2-3,6-7,10H2,1H3/t14-/m0/s1. The van der Waals surface area contributed by atoms with E-state index in [1.165, 1.54) is 0 Å². The van der Waals surface area contributed by atoms with E-state index >= 15 is 0 Å². The number of nitrogens with one attached hydrogen (secondary N) is 2. The van der Waals surface area contributed by atoms with Crippen molar-refractivity contribution < 1.29 is 4.79 Å². The number of fused-ring (bicyclic) bond motifs is 1. The lowest BCUT2D eigenvalue weighted by atomic mass is 10.1. The molecule has 1 aliphatic heterocycles. The number of hydrogen-bond donors (Lipinski definition) is 2. The zero-order valence-electron chi connectivity index (χ0n) is 11.7. The second-order valence-corrected chi connectivity index (χ2v) is 5.31. The highest BCUT2D eigenvalue weighted by Crippen LogP contribution is 2.16. The van der Waals surface area contributed by atoms with Gasteiger partial charge >= 0.3 is 0 Å². The average Bonchev–Trinajstić information content (AvgIpc) is 2.86. The van der Waals surface area contributed by atoms with Crippen LogP contribution in [0.5, 0.6) is 0 Å². The molecule has 0 unspecified atom stereocenters. The normalized spacial score (nSPS) is 19.8. The molecule has 5 heteroatoms. The first-order valence-corrected chi connectivity index (χ1v) is 7.21. The lowest BCUT2D eigenvalue weighted by molar-refractivity contribution is -0.136. The van der Waals surface area contributed by atoms with Gasteiger partial charge in [0.1, 0.15) is 0 Å². The highest BCUT2D eigenvalue weighted by atomic mass is 16.2. The molecule has 0 aliphatic carbocycles. The third-order valence-electron chi connectivity index (χ3n) is 3.80. The van der Waals surface area contributed by atoms with Crippen molar-refractivity contribution >= 4 is 16.8 Å². The first-order chi connectivity index (χ1) is 9.78. The Labute approximate surface area is 118 Å². The second kappa shape index (κ2) is 5.63. The van der Waals surface area contributed by atoms with Crippen molar-refractivity contribution in [3.8, 4) is 0 Å². The summed E-state index contributed by atoms with van der Waals surface area (Å²) in [6, 6.07) is 4.02. The van der Waals surface area contributed by atoms with Crippen LogP contribution in [0.2, 0.25) is 0 Å². The number of hydrogen-bond acceptors (Lipinski definition) is 3. The number of amides is 1. The number of pyridine rings is 1. The summed E-state index contributed by atoms with van der Waals surface area (Å²) in [5.74, 6) is 0.217. The SMILES string of the molecule is CCC[C@@H]1NCCN(Cc2cc3cnccc3[nH]2)C1=O. The predicted molar refractivity (Wildman–Crippen MR) is 78.2 cm³/mol. The minimum Gasteiger partial charge on any atom is -0.357 e. The maximum Gasteiger partial charge on any atom is 0.240 e. The van der Waals surface area contributed by atoms with Crippen LogP contribution in [0.4, 0.5) is 0 Å². The van der Waals surface area contributed by atoms with E-state index in [-0.39, 0.29) is 11.9 Å². The Morgan fingerprint density at radius 3 is 3.20 bits per heavy atom. The summed E-state index contributed by atoms with van der Waals surface area (Å²) in [4.78, 5) is 21.8. The van der Waals surface area contributed by atoms with E-state index in [4.69, 9.17) is 0 Å². The van der Waals surface area contributed by atoms with Gasteiger partial charge in [0.2, 0.25) is 5.91 Å². The van der Waals surface area contributed by atoms with Crippen LogP contribution in [-0.4, -0.2) is 39.9 Å². The van der Waals surface area contributed by atoms with Crippen LogP contribution < -0.4 is 5.32 Å². The number of nitrogens with zero attached hydrogens (tertiary/aromatic N) is 2. The summed E-state index contributed by atoms with van der Waals surface area (Å²) in [5.41, 5.74) is 2.14. The molecule has 1 aliphatic rings. The van der Waals surface area contributed by atoms with Crippen molar-refractivity contribution in [1.82, 2.24) is 20.2 Å². The van der Waals surface area contributed by atoms with E-state index in [1.54, 1.807) is 6.20 Å². The molecular formula is C15H20N4O. The number of piperazine rings is 1. The predicted octanol–water partition coefficient (Wildman–Crippen LogP) is 1.66. The Morgan fingerprint density at radius 1 is 1.50 bits per heavy atom. The van der Waals surface area contributed by atoms with Crippen LogP contribution in [0.3, 0.4) is 0 Å². The molecule has 1 saturated heterocycles. The summed E-state index contributed by atoms with van der Waals surface area (Å²) in [6.45, 7) is 4.40. The van der Waals surface area contributed by atoms with Crippen LogP contribution >= 0.6 is 0 Å². The molecule has 1 fully saturated rings. The van der Waals surface area contributed by atoms with Gasteiger partial charge in [0, 0.05) is 42.1 Å². The van der Waals surface area contributed by atoms with Gasteiger partial charge in [0.15, 0.2) is 0 Å². The lowest BCUT2D eigenvalue weighted by Gasteiger charge is -2.32. The van der Waals surface area contributed by atoms with Crippen LogP contribution in [0.1, 0.15) is 25.5 Å². The summed E-state index contributed by atoms with van der Waals surface area (Å²) in [7, 11) is 0. The molecule has 20 heavy (non-hydrogen) atoms. The fourth-order valence-corrected chi connectivity index (χ4v) is 2.79. The summed E-state index contributed by atoms with van der Waals surface area (Å²) in [6.07, 6.45) is 5.55. The first kappa shape index (κ1) is 13.1. The summed E-state index contributed by atoms with van der Waals surface area (Å²) in [5, 5.41) is 4.39. The highest BCUT2D eigenvalue weighted by molar-refractivity contribution is 5.83. The van der Waals surface area contributed by atoms with Crippen molar-refractivity contribution in [2.45, 2.75) is 32.4 Å². The fraction of sp³-hybridized carbons (Fsp3) is 0.467. The van der Waals surface area contributed by atoms with E-state index in [1.807, 2.05) is 17.2 Å². The third-order valence-corrected chi connectivity index (χ3v) is 3.80. The number of aromatic nitrogens is 2. The molecule has 2 N–H and O–H groups in total. The topological polar surface area (TPSA) is 61.0 Å². The fourth-order valence-electron chi connectivity index (χ4n) is 2.79. The van der Waals surface area contributed by atoms with Crippen molar-refractivity contribution in [2.75, 3.05) is 13.1 Å². The van der Waals surface area contributed by atoms with E-state index in [0.717, 1.165) is 42.5 Å². The van der Waals surface area contributed by atoms with E-state index in [9.17, 15) is 4.79 Å². The highest BCUT2D eigenvalue weighted by Gasteiger charge is 2.27. The van der Waals surface area contributed by atoms with Crippen LogP contribution in [0.25, 0.3) is 10.9 Å². The van der Waals surface area contributed by atoms with Crippen LogP contribution in [-0.2, 0) is 11.3 Å². The van der Waals surface area contributed by atoms with E-state index in [2.05, 4.69) is 28.3 Å². The Morgan fingerprint density at radius 2 is 2.40 bits per heavy atom. The Hall–Kier alpha value is -1.88. The van der Waals surface area contributed by atoms with Crippen molar-refractivity contribution in [3.63, 3.8) is 0 Å². The Bertz CT molecular complexity index is 572. The Balaban J connectivity index is 1.74. The summed E-state index contributed by atoms with van der Waals surface area (Å²) < 4.78 is 0. The largest absolute Gasteiger partial charge is 0.357 e. The monoisotopic (exact) mass is 272 g/mol. The van der Waals surface area contributed by atoms with Gasteiger partial charge in [-0.3, -0.25) is 9.78 Å². The van der Waals surface area contributed by atoms with Gasteiger partial charge < -0.3 is 15.2 Å². The van der Waals surface area contributed by atoms with Crippen LogP contribution in [0.15, 0.2) is 24.5 Å². The van der Waals surface area contributed by atoms with Gasteiger partial charge in [-0.1, -0.05) is 13.3 Å². The number of carbonyl (C=O) groups excluding carboxylic acids is 1.